The van der Waals surface area contributed by atoms with Gasteiger partial charge in [0.15, 0.2) is 0 Å². The minimum atomic E-state index is 0.309. The predicted molar refractivity (Wildman–Crippen MR) is 81.8 cm³/mol. The summed E-state index contributed by atoms with van der Waals surface area (Å²) in [6.45, 7) is 0.926. The molecule has 1 saturated heterocycles. The van der Waals surface area contributed by atoms with Gasteiger partial charge in [-0.15, -0.1) is 0 Å². The molecule has 1 aromatic carbocycles. The molecular weight excluding hydrogens is 304 g/mol. The number of nitrogens with two attached hydrogens (primary N) is 1. The molecule has 1 aromatic rings. The Kier molecular flexibility index (Phi) is 6.31. The molecule has 3 nitrogen and oxygen atoms in total. The Bertz CT molecular complexity index is 380. The molecule has 1 fully saturated rings. The van der Waals surface area contributed by atoms with Crippen LogP contribution < -0.4 is 11.3 Å². The number of hydrogen-bond acceptors (Lipinski definition) is 3. The van der Waals surface area contributed by atoms with Gasteiger partial charge in [-0.05, 0) is 50.2 Å². The van der Waals surface area contributed by atoms with Crippen molar-refractivity contribution in [2.75, 3.05) is 6.61 Å². The van der Waals surface area contributed by atoms with Gasteiger partial charge in [0.1, 0.15) is 0 Å². The standard InChI is InChI=1S/C15H23BrN2O/c16-15-7-2-1-5-12(15)11-13(18-17)8-9-14-6-3-4-10-19-14/h1-2,5,7,13-14,18H,3-4,6,8-11,17H2. The monoisotopic (exact) mass is 326 g/mol. The minimum absolute atomic E-state index is 0.309. The van der Waals surface area contributed by atoms with Gasteiger partial charge in [-0.3, -0.25) is 11.3 Å². The van der Waals surface area contributed by atoms with Gasteiger partial charge in [0, 0.05) is 17.1 Å². The van der Waals surface area contributed by atoms with Crippen molar-refractivity contribution in [3.05, 3.63) is 34.3 Å². The molecule has 0 aromatic heterocycles. The third-order valence-corrected chi connectivity index (χ3v) is 4.54. The van der Waals surface area contributed by atoms with Crippen molar-refractivity contribution in [3.63, 3.8) is 0 Å². The Labute approximate surface area is 124 Å². The maximum absolute atomic E-state index is 5.77. The SMILES string of the molecule is NNC(CCC1CCCCO1)Cc1ccccc1Br. The third kappa shape index (κ3) is 4.88. The van der Waals surface area contributed by atoms with Crippen LogP contribution in [0.25, 0.3) is 0 Å². The molecule has 4 heteroatoms. The normalized spacial score (nSPS) is 21.3. The molecule has 1 heterocycles. The topological polar surface area (TPSA) is 47.3 Å². The van der Waals surface area contributed by atoms with Crippen LogP contribution in [0.3, 0.4) is 0 Å². The highest BCUT2D eigenvalue weighted by molar-refractivity contribution is 9.10. The Morgan fingerprint density at radius 1 is 1.37 bits per heavy atom. The zero-order chi connectivity index (χ0) is 13.5. The van der Waals surface area contributed by atoms with Crippen molar-refractivity contribution >= 4 is 15.9 Å². The minimum Gasteiger partial charge on any atom is -0.378 e. The van der Waals surface area contributed by atoms with Gasteiger partial charge in [-0.1, -0.05) is 34.1 Å². The van der Waals surface area contributed by atoms with Gasteiger partial charge >= 0.3 is 0 Å². The highest BCUT2D eigenvalue weighted by Gasteiger charge is 2.17. The summed E-state index contributed by atoms with van der Waals surface area (Å²) >= 11 is 3.59. The van der Waals surface area contributed by atoms with Crippen molar-refractivity contribution < 1.29 is 4.74 Å². The molecule has 0 saturated carbocycles. The van der Waals surface area contributed by atoms with E-state index in [0.29, 0.717) is 12.1 Å². The van der Waals surface area contributed by atoms with Crippen molar-refractivity contribution in [1.29, 1.82) is 0 Å². The molecule has 0 aliphatic carbocycles. The predicted octanol–water partition coefficient (Wildman–Crippen LogP) is 3.17. The molecule has 0 radical (unpaired) electrons. The summed E-state index contributed by atoms with van der Waals surface area (Å²) in [5.74, 6) is 5.68. The summed E-state index contributed by atoms with van der Waals surface area (Å²) in [4.78, 5) is 0. The first kappa shape index (κ1) is 15.0. The average Bonchev–Trinajstić information content (AvgIpc) is 2.46. The molecule has 0 bridgehead atoms. The van der Waals surface area contributed by atoms with E-state index < -0.39 is 0 Å². The van der Waals surface area contributed by atoms with Crippen molar-refractivity contribution in [2.45, 2.75) is 50.7 Å². The van der Waals surface area contributed by atoms with Gasteiger partial charge in [0.2, 0.25) is 0 Å². The lowest BCUT2D eigenvalue weighted by Gasteiger charge is -2.25. The first-order chi connectivity index (χ1) is 9.29. The van der Waals surface area contributed by atoms with Crippen LogP contribution in [-0.4, -0.2) is 18.8 Å². The van der Waals surface area contributed by atoms with Gasteiger partial charge < -0.3 is 4.74 Å². The number of benzene rings is 1. The third-order valence-electron chi connectivity index (χ3n) is 3.77. The van der Waals surface area contributed by atoms with Crippen molar-refractivity contribution in [2.24, 2.45) is 5.84 Å². The average molecular weight is 327 g/mol. The molecule has 0 amide bonds. The van der Waals surface area contributed by atoms with Crippen LogP contribution in [-0.2, 0) is 11.2 Å². The number of rotatable bonds is 6. The number of nitrogens with one attached hydrogen (secondary N) is 1. The molecule has 1 aliphatic rings. The van der Waals surface area contributed by atoms with E-state index in [9.17, 15) is 0 Å². The van der Waals surface area contributed by atoms with Crippen molar-refractivity contribution in [1.82, 2.24) is 5.43 Å². The Hall–Kier alpha value is -0.420. The summed E-state index contributed by atoms with van der Waals surface area (Å²) in [6.07, 6.45) is 7.25. The van der Waals surface area contributed by atoms with Crippen LogP contribution in [0.15, 0.2) is 28.7 Å². The Morgan fingerprint density at radius 3 is 2.89 bits per heavy atom. The van der Waals surface area contributed by atoms with E-state index in [2.05, 4.69) is 39.6 Å². The number of halogens is 1. The highest BCUT2D eigenvalue weighted by Crippen LogP contribution is 2.21. The lowest BCUT2D eigenvalue weighted by molar-refractivity contribution is 0.00858. The Morgan fingerprint density at radius 2 is 2.21 bits per heavy atom. The van der Waals surface area contributed by atoms with Crippen LogP contribution in [0.2, 0.25) is 0 Å². The second-order valence-electron chi connectivity index (χ2n) is 5.23. The van der Waals surface area contributed by atoms with Gasteiger partial charge in [-0.2, -0.15) is 0 Å². The first-order valence-electron chi connectivity index (χ1n) is 7.10. The summed E-state index contributed by atoms with van der Waals surface area (Å²) in [5, 5.41) is 0. The smallest absolute Gasteiger partial charge is 0.0575 e. The number of ether oxygens (including phenoxy) is 1. The maximum atomic E-state index is 5.77. The molecule has 2 atom stereocenters. The summed E-state index contributed by atoms with van der Waals surface area (Å²) in [7, 11) is 0. The van der Waals surface area contributed by atoms with Gasteiger partial charge in [0.25, 0.3) is 0 Å². The zero-order valence-electron chi connectivity index (χ0n) is 11.3. The summed E-state index contributed by atoms with van der Waals surface area (Å²) in [5.41, 5.74) is 4.24. The lowest BCUT2D eigenvalue weighted by Crippen LogP contribution is -2.37. The molecule has 19 heavy (non-hydrogen) atoms. The van der Waals surface area contributed by atoms with E-state index in [-0.39, 0.29) is 0 Å². The largest absolute Gasteiger partial charge is 0.378 e. The zero-order valence-corrected chi connectivity index (χ0v) is 12.9. The fraction of sp³-hybridized carbons (Fsp3) is 0.600. The molecule has 2 rings (SSSR count). The highest BCUT2D eigenvalue weighted by atomic mass is 79.9. The van der Waals surface area contributed by atoms with Gasteiger partial charge in [-0.25, -0.2) is 0 Å². The summed E-state index contributed by atoms with van der Waals surface area (Å²) < 4.78 is 6.93. The molecule has 2 unspecified atom stereocenters. The maximum Gasteiger partial charge on any atom is 0.0575 e. The molecule has 3 N–H and O–H groups in total. The van der Waals surface area contributed by atoms with E-state index >= 15 is 0 Å². The van der Waals surface area contributed by atoms with E-state index in [4.69, 9.17) is 10.6 Å². The number of hydrazine groups is 1. The van der Waals surface area contributed by atoms with Crippen LogP contribution in [0.5, 0.6) is 0 Å². The molecule has 106 valence electrons. The van der Waals surface area contributed by atoms with Crippen LogP contribution in [0.1, 0.15) is 37.7 Å². The lowest BCUT2D eigenvalue weighted by atomic mass is 9.98. The summed E-state index contributed by atoms with van der Waals surface area (Å²) in [6, 6.07) is 8.63. The quantitative estimate of drug-likeness (QED) is 0.623. The molecular formula is C15H23BrN2O. The second kappa shape index (κ2) is 8.00. The second-order valence-corrected chi connectivity index (χ2v) is 6.08. The van der Waals surface area contributed by atoms with Crippen LogP contribution >= 0.6 is 15.9 Å². The van der Waals surface area contributed by atoms with Gasteiger partial charge in [0.05, 0.1) is 6.10 Å². The fourth-order valence-corrected chi connectivity index (χ4v) is 3.04. The molecule has 0 spiro atoms. The molecule has 1 aliphatic heterocycles. The Balaban J connectivity index is 1.81. The fourth-order valence-electron chi connectivity index (χ4n) is 2.60. The van der Waals surface area contributed by atoms with E-state index in [1.54, 1.807) is 0 Å². The van der Waals surface area contributed by atoms with E-state index in [0.717, 1.165) is 30.3 Å². The van der Waals surface area contributed by atoms with Crippen LogP contribution in [0, 0.1) is 0 Å². The first-order valence-corrected chi connectivity index (χ1v) is 7.90. The number of hydrogen-bond donors (Lipinski definition) is 2. The van der Waals surface area contributed by atoms with E-state index in [1.165, 1.54) is 24.8 Å². The van der Waals surface area contributed by atoms with E-state index in [1.807, 2.05) is 6.07 Å². The van der Waals surface area contributed by atoms with Crippen molar-refractivity contribution in [3.8, 4) is 0 Å². The van der Waals surface area contributed by atoms with Crippen LogP contribution in [0.4, 0.5) is 0 Å².